The first-order valence-corrected chi connectivity index (χ1v) is 9.87. The number of hydrogen-bond acceptors (Lipinski definition) is 3. The highest BCUT2D eigenvalue weighted by atomic mass is 35.5. The molecule has 5 heteroatoms. The zero-order valence-electron chi connectivity index (χ0n) is 16.9. The molecule has 3 aromatic rings. The van der Waals surface area contributed by atoms with Crippen LogP contribution >= 0.6 is 11.6 Å². The summed E-state index contributed by atoms with van der Waals surface area (Å²) in [6.45, 7) is 6.59. The Bertz CT molecular complexity index is 1000. The number of hydrogen-bond donors (Lipinski definition) is 2. The Morgan fingerprint density at radius 1 is 0.931 bits per heavy atom. The maximum atomic E-state index is 12.2. The van der Waals surface area contributed by atoms with Crippen LogP contribution in [0.15, 0.2) is 60.7 Å². The zero-order chi connectivity index (χ0) is 20.8. The van der Waals surface area contributed by atoms with Gasteiger partial charge < -0.3 is 15.4 Å². The van der Waals surface area contributed by atoms with Crippen LogP contribution in [0.5, 0.6) is 5.75 Å². The van der Waals surface area contributed by atoms with Crippen LogP contribution in [0.25, 0.3) is 0 Å². The fraction of sp³-hybridized carbons (Fsp3) is 0.208. The molecule has 150 valence electrons. The Morgan fingerprint density at radius 2 is 1.66 bits per heavy atom. The number of halogens is 1. The lowest BCUT2D eigenvalue weighted by atomic mass is 10.1. The van der Waals surface area contributed by atoms with Gasteiger partial charge in [-0.2, -0.15) is 0 Å². The van der Waals surface area contributed by atoms with Crippen LogP contribution < -0.4 is 15.4 Å². The smallest absolute Gasteiger partial charge is 0.262 e. The van der Waals surface area contributed by atoms with Gasteiger partial charge in [0.05, 0.1) is 5.02 Å². The molecule has 0 aliphatic rings. The molecule has 0 aliphatic carbocycles. The van der Waals surface area contributed by atoms with E-state index in [0.29, 0.717) is 17.3 Å². The molecule has 0 atom stereocenters. The van der Waals surface area contributed by atoms with Crippen molar-refractivity contribution in [1.82, 2.24) is 0 Å². The van der Waals surface area contributed by atoms with Crippen molar-refractivity contribution in [2.45, 2.75) is 27.3 Å². The van der Waals surface area contributed by atoms with Gasteiger partial charge in [0.1, 0.15) is 5.75 Å². The molecule has 0 aliphatic heterocycles. The second-order valence-corrected chi connectivity index (χ2v) is 7.55. The van der Waals surface area contributed by atoms with Crippen molar-refractivity contribution in [3.05, 3.63) is 87.9 Å². The van der Waals surface area contributed by atoms with Gasteiger partial charge in [0.25, 0.3) is 5.91 Å². The maximum Gasteiger partial charge on any atom is 0.262 e. The predicted octanol–water partition coefficient (Wildman–Crippen LogP) is 5.89. The topological polar surface area (TPSA) is 50.4 Å². The third-order valence-electron chi connectivity index (χ3n) is 4.56. The molecular weight excluding hydrogens is 384 g/mol. The van der Waals surface area contributed by atoms with Crippen LogP contribution in [0.3, 0.4) is 0 Å². The average molecular weight is 409 g/mol. The molecule has 0 aromatic heterocycles. The van der Waals surface area contributed by atoms with Gasteiger partial charge in [-0.15, -0.1) is 0 Å². The summed E-state index contributed by atoms with van der Waals surface area (Å²) < 4.78 is 5.60. The number of nitrogens with one attached hydrogen (secondary N) is 2. The second kappa shape index (κ2) is 9.48. The van der Waals surface area contributed by atoms with Gasteiger partial charge in [0.15, 0.2) is 6.61 Å². The standard InChI is InChI=1S/C24H25ClN2O2/c1-16-4-8-20(9-5-16)26-14-19-7-11-23(21(25)13-19)29-15-24(28)27-22-10-6-17(2)12-18(22)3/h4-13,26H,14-15H2,1-3H3,(H,27,28). The molecule has 0 spiro atoms. The summed E-state index contributed by atoms with van der Waals surface area (Å²) in [7, 11) is 0. The quantitative estimate of drug-likeness (QED) is 0.512. The summed E-state index contributed by atoms with van der Waals surface area (Å²) in [5.74, 6) is 0.264. The molecule has 0 radical (unpaired) electrons. The summed E-state index contributed by atoms with van der Waals surface area (Å²) in [6, 6.07) is 19.7. The number of anilines is 2. The molecule has 4 nitrogen and oxygen atoms in total. The van der Waals surface area contributed by atoms with Crippen molar-refractivity contribution >= 4 is 28.9 Å². The molecule has 2 N–H and O–H groups in total. The van der Waals surface area contributed by atoms with Gasteiger partial charge >= 0.3 is 0 Å². The van der Waals surface area contributed by atoms with Crippen LogP contribution in [-0.2, 0) is 11.3 Å². The molecule has 0 heterocycles. The van der Waals surface area contributed by atoms with Crippen LogP contribution in [0, 0.1) is 20.8 Å². The fourth-order valence-corrected chi connectivity index (χ4v) is 3.19. The van der Waals surface area contributed by atoms with Gasteiger partial charge in [-0.25, -0.2) is 0 Å². The highest BCUT2D eigenvalue weighted by molar-refractivity contribution is 6.32. The predicted molar refractivity (Wildman–Crippen MR) is 120 cm³/mol. The van der Waals surface area contributed by atoms with Crippen molar-refractivity contribution in [1.29, 1.82) is 0 Å². The largest absolute Gasteiger partial charge is 0.482 e. The van der Waals surface area contributed by atoms with Crippen molar-refractivity contribution in [2.24, 2.45) is 0 Å². The minimum absolute atomic E-state index is 0.103. The van der Waals surface area contributed by atoms with E-state index in [4.69, 9.17) is 16.3 Å². The van der Waals surface area contributed by atoms with Crippen LogP contribution in [0.4, 0.5) is 11.4 Å². The lowest BCUT2D eigenvalue weighted by molar-refractivity contribution is -0.118. The van der Waals surface area contributed by atoms with Gasteiger partial charge in [-0.05, 0) is 62.2 Å². The Hall–Kier alpha value is -2.98. The molecule has 29 heavy (non-hydrogen) atoms. The molecule has 3 rings (SSSR count). The fourth-order valence-electron chi connectivity index (χ4n) is 2.93. The first-order chi connectivity index (χ1) is 13.9. The minimum Gasteiger partial charge on any atom is -0.482 e. The number of ether oxygens (including phenoxy) is 1. The highest BCUT2D eigenvalue weighted by Crippen LogP contribution is 2.26. The Morgan fingerprint density at radius 3 is 2.34 bits per heavy atom. The van der Waals surface area contributed by atoms with Crippen LogP contribution in [-0.4, -0.2) is 12.5 Å². The third kappa shape index (κ3) is 6.00. The normalized spacial score (nSPS) is 10.5. The van der Waals surface area contributed by atoms with Gasteiger partial charge in [0, 0.05) is 17.9 Å². The number of benzene rings is 3. The maximum absolute atomic E-state index is 12.2. The van der Waals surface area contributed by atoms with E-state index >= 15 is 0 Å². The van der Waals surface area contributed by atoms with E-state index in [1.807, 2.05) is 56.3 Å². The number of rotatable bonds is 7. The molecule has 3 aromatic carbocycles. The molecule has 1 amide bonds. The lowest BCUT2D eigenvalue weighted by Crippen LogP contribution is -2.20. The Kier molecular flexibility index (Phi) is 6.78. The summed E-state index contributed by atoms with van der Waals surface area (Å²) in [5.41, 5.74) is 6.26. The second-order valence-electron chi connectivity index (χ2n) is 7.14. The molecular formula is C24H25ClN2O2. The van der Waals surface area contributed by atoms with E-state index < -0.39 is 0 Å². The number of amides is 1. The number of carbonyl (C=O) groups excluding carboxylic acids is 1. The molecule has 0 fully saturated rings. The highest BCUT2D eigenvalue weighted by Gasteiger charge is 2.09. The van der Waals surface area contributed by atoms with Crippen LogP contribution in [0.2, 0.25) is 5.02 Å². The van der Waals surface area contributed by atoms with Crippen molar-refractivity contribution in [3.8, 4) is 5.75 Å². The van der Waals surface area contributed by atoms with E-state index in [-0.39, 0.29) is 12.5 Å². The molecule has 0 saturated carbocycles. The van der Waals surface area contributed by atoms with Crippen molar-refractivity contribution < 1.29 is 9.53 Å². The van der Waals surface area contributed by atoms with Gasteiger partial charge in [0.2, 0.25) is 0 Å². The molecule has 0 unspecified atom stereocenters. The first-order valence-electron chi connectivity index (χ1n) is 9.49. The summed E-state index contributed by atoms with van der Waals surface area (Å²) in [4.78, 5) is 12.2. The van der Waals surface area contributed by atoms with E-state index in [1.54, 1.807) is 6.07 Å². The Balaban J connectivity index is 1.53. The lowest BCUT2D eigenvalue weighted by Gasteiger charge is -2.12. The van der Waals surface area contributed by atoms with E-state index in [0.717, 1.165) is 28.1 Å². The van der Waals surface area contributed by atoms with E-state index in [9.17, 15) is 4.79 Å². The van der Waals surface area contributed by atoms with Crippen molar-refractivity contribution in [3.63, 3.8) is 0 Å². The summed E-state index contributed by atoms with van der Waals surface area (Å²) in [5, 5.41) is 6.70. The first kappa shape index (κ1) is 20.7. The van der Waals surface area contributed by atoms with Crippen molar-refractivity contribution in [2.75, 3.05) is 17.2 Å². The monoisotopic (exact) mass is 408 g/mol. The molecule has 0 saturated heterocycles. The van der Waals surface area contributed by atoms with Crippen LogP contribution in [0.1, 0.15) is 22.3 Å². The van der Waals surface area contributed by atoms with E-state index in [1.165, 1.54) is 5.56 Å². The summed E-state index contributed by atoms with van der Waals surface area (Å²) in [6.07, 6.45) is 0. The van der Waals surface area contributed by atoms with E-state index in [2.05, 4.69) is 29.7 Å². The van der Waals surface area contributed by atoms with Gasteiger partial charge in [-0.3, -0.25) is 4.79 Å². The molecule has 0 bridgehead atoms. The average Bonchev–Trinajstić information content (AvgIpc) is 2.69. The SMILES string of the molecule is Cc1ccc(NCc2ccc(OCC(=O)Nc3ccc(C)cc3C)c(Cl)c2)cc1. The summed E-state index contributed by atoms with van der Waals surface area (Å²) >= 11 is 6.33. The number of carbonyl (C=O) groups is 1. The zero-order valence-corrected chi connectivity index (χ0v) is 17.6. The third-order valence-corrected chi connectivity index (χ3v) is 4.85. The Labute approximate surface area is 176 Å². The van der Waals surface area contributed by atoms with Gasteiger partial charge in [-0.1, -0.05) is 53.1 Å². The number of aryl methyl sites for hydroxylation is 3. The minimum atomic E-state index is -0.224.